The van der Waals surface area contributed by atoms with E-state index >= 15 is 0 Å². The summed E-state index contributed by atoms with van der Waals surface area (Å²) in [6.45, 7) is 4.19. The monoisotopic (exact) mass is 458 g/mol. The van der Waals surface area contributed by atoms with Gasteiger partial charge < -0.3 is 9.66 Å². The normalized spacial score (nSPS) is 13.8. The van der Waals surface area contributed by atoms with E-state index in [1.807, 2.05) is 6.92 Å². The molecule has 4 nitrogen and oxygen atoms in total. The van der Waals surface area contributed by atoms with Crippen molar-refractivity contribution in [1.82, 2.24) is 0 Å². The van der Waals surface area contributed by atoms with Crippen molar-refractivity contribution in [2.45, 2.75) is 147 Å². The smallest absolute Gasteiger partial charge is 0.748 e. The maximum absolute atomic E-state index is 11.4. The first kappa shape index (κ1) is 32.7. The number of aliphatic hydroxyl groups is 1. The Morgan fingerprint density at radius 2 is 1.00 bits per heavy atom. The van der Waals surface area contributed by atoms with Gasteiger partial charge in [0.15, 0.2) is 0 Å². The summed E-state index contributed by atoms with van der Waals surface area (Å²) in [7, 11) is -4.14. The Bertz CT molecular complexity index is 429. The summed E-state index contributed by atoms with van der Waals surface area (Å²) in [5, 5.41) is 8.84. The van der Waals surface area contributed by atoms with Gasteiger partial charge in [-0.05, 0) is 25.7 Å². The van der Waals surface area contributed by atoms with Crippen molar-refractivity contribution >= 4 is 10.1 Å². The Labute approximate surface area is 224 Å². The molecule has 0 aromatic heterocycles. The first-order valence-corrected chi connectivity index (χ1v) is 13.5. The number of hydrogen-bond donors (Lipinski definition) is 1. The van der Waals surface area contributed by atoms with E-state index < -0.39 is 15.4 Å². The van der Waals surface area contributed by atoms with Crippen molar-refractivity contribution in [3.63, 3.8) is 0 Å². The van der Waals surface area contributed by atoms with Crippen LogP contribution in [0.4, 0.5) is 0 Å². The van der Waals surface area contributed by atoms with E-state index in [9.17, 15) is 18.1 Å². The molecule has 0 spiro atoms. The van der Waals surface area contributed by atoms with Crippen LogP contribution in [0.3, 0.4) is 0 Å². The van der Waals surface area contributed by atoms with E-state index in [0.717, 1.165) is 57.8 Å². The zero-order valence-corrected chi connectivity index (χ0v) is 23.6. The van der Waals surface area contributed by atoms with Gasteiger partial charge in [0.2, 0.25) is 0 Å². The van der Waals surface area contributed by atoms with Gasteiger partial charge in [-0.25, -0.2) is 8.42 Å². The van der Waals surface area contributed by atoms with Crippen LogP contribution in [0.15, 0.2) is 0 Å². The van der Waals surface area contributed by atoms with Crippen molar-refractivity contribution in [2.75, 3.05) is 0 Å². The fourth-order valence-corrected chi connectivity index (χ4v) is 4.69. The number of aliphatic hydroxyl groups excluding tert-OH is 1. The fourth-order valence-electron chi connectivity index (χ4n) is 3.78. The summed E-state index contributed by atoms with van der Waals surface area (Å²) >= 11 is 0. The molecule has 0 amide bonds. The maximum Gasteiger partial charge on any atom is 1.00 e. The van der Waals surface area contributed by atoms with Gasteiger partial charge >= 0.3 is 51.4 Å². The maximum atomic E-state index is 11.4. The van der Waals surface area contributed by atoms with Gasteiger partial charge in [0.05, 0.1) is 16.2 Å². The number of hydrogen-bond acceptors (Lipinski definition) is 4. The van der Waals surface area contributed by atoms with Gasteiger partial charge in [-0.3, -0.25) is 0 Å². The minimum atomic E-state index is -4.14. The topological polar surface area (TPSA) is 77.4 Å². The average molecular weight is 459 g/mol. The van der Waals surface area contributed by atoms with Crippen LogP contribution in [0.5, 0.6) is 0 Å². The molecule has 0 aliphatic carbocycles. The van der Waals surface area contributed by atoms with E-state index in [1.54, 1.807) is 0 Å². The van der Waals surface area contributed by atoms with Crippen LogP contribution in [0.25, 0.3) is 0 Å². The van der Waals surface area contributed by atoms with E-state index in [-0.39, 0.29) is 57.5 Å². The van der Waals surface area contributed by atoms with Crippen molar-refractivity contribution in [1.29, 1.82) is 0 Å². The molecule has 0 heterocycles. The van der Waals surface area contributed by atoms with Crippen molar-refractivity contribution in [3.05, 3.63) is 0 Å². The standard InChI is InChI=1S/C23H48O4S.K/c1-3-5-6-13-17-20-23(28(25,26)27)21-18-15-12-10-8-7-9-11-14-16-19-22(24)4-2;/h22-24H,3-21H2,1-2H3,(H,25,26,27);/q;+1/p-1. The molecule has 0 aliphatic rings. The molecule has 0 rings (SSSR count). The van der Waals surface area contributed by atoms with Crippen LogP contribution in [-0.2, 0) is 10.1 Å². The molecule has 29 heavy (non-hydrogen) atoms. The van der Waals surface area contributed by atoms with Crippen LogP contribution in [-0.4, -0.2) is 29.4 Å². The van der Waals surface area contributed by atoms with Gasteiger partial charge in [-0.15, -0.1) is 0 Å². The molecule has 0 saturated carbocycles. The summed E-state index contributed by atoms with van der Waals surface area (Å²) in [6.07, 6.45) is 19.9. The zero-order chi connectivity index (χ0) is 21.1. The molecule has 2 unspecified atom stereocenters. The zero-order valence-electron chi connectivity index (χ0n) is 19.7. The van der Waals surface area contributed by atoms with E-state index in [4.69, 9.17) is 0 Å². The SMILES string of the molecule is CCCCCCCC(CCCCCCCCCCCCC(O)CC)S(=O)(=O)[O-].[K+]. The Kier molecular flexibility index (Phi) is 25.6. The molecule has 0 saturated heterocycles. The van der Waals surface area contributed by atoms with Crippen LogP contribution in [0.2, 0.25) is 0 Å². The summed E-state index contributed by atoms with van der Waals surface area (Å²) in [4.78, 5) is 0. The van der Waals surface area contributed by atoms with Gasteiger partial charge in [0, 0.05) is 5.25 Å². The molecular weight excluding hydrogens is 411 g/mol. The molecule has 0 fully saturated rings. The second-order valence-electron chi connectivity index (χ2n) is 8.49. The molecule has 6 heteroatoms. The molecule has 2 atom stereocenters. The van der Waals surface area contributed by atoms with Crippen LogP contribution >= 0.6 is 0 Å². The van der Waals surface area contributed by atoms with Crippen LogP contribution in [0.1, 0.15) is 136 Å². The van der Waals surface area contributed by atoms with Crippen LogP contribution in [0, 0.1) is 0 Å². The van der Waals surface area contributed by atoms with E-state index in [0.29, 0.717) is 12.8 Å². The third-order valence-corrected chi connectivity index (χ3v) is 7.11. The predicted octanol–water partition coefficient (Wildman–Crippen LogP) is 3.72. The Morgan fingerprint density at radius 3 is 1.34 bits per heavy atom. The Balaban J connectivity index is 0. The first-order chi connectivity index (χ1) is 13.4. The Hall–Kier alpha value is 1.51. The predicted molar refractivity (Wildman–Crippen MR) is 119 cm³/mol. The third kappa shape index (κ3) is 22.5. The minimum absolute atomic E-state index is 0. The summed E-state index contributed by atoms with van der Waals surface area (Å²) in [5.41, 5.74) is 0. The van der Waals surface area contributed by atoms with Gasteiger partial charge in [0.25, 0.3) is 0 Å². The van der Waals surface area contributed by atoms with Gasteiger partial charge in [-0.2, -0.15) is 0 Å². The van der Waals surface area contributed by atoms with E-state index in [1.165, 1.54) is 51.4 Å². The summed E-state index contributed by atoms with van der Waals surface area (Å²) < 4.78 is 34.3. The molecule has 0 aliphatic heterocycles. The van der Waals surface area contributed by atoms with E-state index in [2.05, 4.69) is 6.92 Å². The van der Waals surface area contributed by atoms with Gasteiger partial charge in [-0.1, -0.05) is 110 Å². The molecule has 170 valence electrons. The molecule has 0 radical (unpaired) electrons. The average Bonchev–Trinajstić information content (AvgIpc) is 2.65. The summed E-state index contributed by atoms with van der Waals surface area (Å²) in [6, 6.07) is 0. The van der Waals surface area contributed by atoms with Crippen molar-refractivity contribution in [3.8, 4) is 0 Å². The minimum Gasteiger partial charge on any atom is -0.748 e. The quantitative estimate of drug-likeness (QED) is 0.162. The number of unbranched alkanes of at least 4 members (excludes halogenated alkanes) is 13. The van der Waals surface area contributed by atoms with Crippen molar-refractivity contribution in [2.24, 2.45) is 0 Å². The third-order valence-electron chi connectivity index (χ3n) is 5.82. The Morgan fingerprint density at radius 1 is 0.655 bits per heavy atom. The van der Waals surface area contributed by atoms with Gasteiger partial charge in [0.1, 0.15) is 0 Å². The number of rotatable bonds is 21. The second-order valence-corrected chi connectivity index (χ2v) is 10.1. The molecule has 0 bridgehead atoms. The molecular formula is C23H47KO4S. The molecule has 0 aromatic carbocycles. The molecule has 1 N–H and O–H groups in total. The van der Waals surface area contributed by atoms with Crippen LogP contribution < -0.4 is 51.4 Å². The van der Waals surface area contributed by atoms with Crippen molar-refractivity contribution < 1.29 is 69.5 Å². The fraction of sp³-hybridized carbons (Fsp3) is 1.00. The second kappa shape index (κ2) is 22.7. The summed E-state index contributed by atoms with van der Waals surface area (Å²) in [5.74, 6) is 0. The first-order valence-electron chi connectivity index (χ1n) is 12.0. The largest absolute Gasteiger partial charge is 1.00 e. The molecule has 0 aromatic rings.